The summed E-state index contributed by atoms with van der Waals surface area (Å²) >= 11 is 0. The van der Waals surface area contributed by atoms with Gasteiger partial charge in [-0.3, -0.25) is 4.79 Å². The van der Waals surface area contributed by atoms with E-state index < -0.39 is 39.9 Å². The molecule has 0 radical (unpaired) electrons. The van der Waals surface area contributed by atoms with Crippen molar-refractivity contribution in [3.63, 3.8) is 0 Å². The first kappa shape index (κ1) is 22.3. The number of carbonyl (C=O) groups excluding carboxylic acids is 1. The van der Waals surface area contributed by atoms with Crippen LogP contribution in [0.5, 0.6) is 0 Å². The van der Waals surface area contributed by atoms with E-state index in [-0.39, 0.29) is 17.9 Å². The van der Waals surface area contributed by atoms with E-state index in [4.69, 9.17) is 9.47 Å². The van der Waals surface area contributed by atoms with Gasteiger partial charge in [-0.2, -0.15) is 17.5 Å². The van der Waals surface area contributed by atoms with Gasteiger partial charge >= 0.3 is 12.1 Å². The van der Waals surface area contributed by atoms with Crippen molar-refractivity contribution >= 4 is 16.0 Å². The SMILES string of the molecule is COC(=O)[C@@H]1C[C@@H](OC)CN1S(=O)(=O)c1ccc(-c2cccc(C(F)(F)F)c2)cc1. The molecule has 162 valence electrons. The summed E-state index contributed by atoms with van der Waals surface area (Å²) in [6.45, 7) is -0.00597. The van der Waals surface area contributed by atoms with E-state index in [1.807, 2.05) is 0 Å². The fourth-order valence-electron chi connectivity index (χ4n) is 3.39. The minimum atomic E-state index is -4.48. The molecule has 0 amide bonds. The monoisotopic (exact) mass is 443 g/mol. The molecule has 0 N–H and O–H groups in total. The molecule has 2 aromatic rings. The van der Waals surface area contributed by atoms with Gasteiger partial charge in [0.2, 0.25) is 10.0 Å². The second-order valence-electron chi connectivity index (χ2n) is 6.81. The smallest absolute Gasteiger partial charge is 0.416 e. The largest absolute Gasteiger partial charge is 0.468 e. The minimum absolute atomic E-state index is 0.00597. The van der Waals surface area contributed by atoms with Crippen LogP contribution < -0.4 is 0 Å². The summed E-state index contributed by atoms with van der Waals surface area (Å²) < 4.78 is 75.9. The Bertz CT molecular complexity index is 1020. The lowest BCUT2D eigenvalue weighted by Crippen LogP contribution is -2.41. The number of nitrogens with zero attached hydrogens (tertiary/aromatic N) is 1. The number of methoxy groups -OCH3 is 2. The van der Waals surface area contributed by atoms with Crippen molar-refractivity contribution in [1.29, 1.82) is 0 Å². The maximum absolute atomic E-state index is 13.1. The Kier molecular flexibility index (Phi) is 6.21. The number of ether oxygens (including phenoxy) is 2. The van der Waals surface area contributed by atoms with Crippen LogP contribution in [0.4, 0.5) is 13.2 Å². The summed E-state index contributed by atoms with van der Waals surface area (Å²) in [5.74, 6) is -0.682. The molecule has 1 saturated heterocycles. The van der Waals surface area contributed by atoms with Crippen molar-refractivity contribution in [3.05, 3.63) is 54.1 Å². The van der Waals surface area contributed by atoms with Crippen molar-refractivity contribution in [2.75, 3.05) is 20.8 Å². The Hall–Kier alpha value is -2.43. The predicted molar refractivity (Wildman–Crippen MR) is 102 cm³/mol. The van der Waals surface area contributed by atoms with E-state index in [9.17, 15) is 26.4 Å². The molecule has 1 aliphatic heterocycles. The summed E-state index contributed by atoms with van der Waals surface area (Å²) in [6.07, 6.45) is -4.76. The highest BCUT2D eigenvalue weighted by atomic mass is 32.2. The number of benzene rings is 2. The maximum Gasteiger partial charge on any atom is 0.416 e. The number of halogens is 3. The number of carbonyl (C=O) groups is 1. The van der Waals surface area contributed by atoms with E-state index in [0.717, 1.165) is 16.4 Å². The molecular formula is C20H20F3NO5S. The fraction of sp³-hybridized carbons (Fsp3) is 0.350. The highest BCUT2D eigenvalue weighted by molar-refractivity contribution is 7.89. The normalized spacial score (nSPS) is 20.3. The zero-order valence-corrected chi connectivity index (χ0v) is 17.0. The number of esters is 1. The lowest BCUT2D eigenvalue weighted by atomic mass is 10.0. The van der Waals surface area contributed by atoms with Crippen molar-refractivity contribution in [2.24, 2.45) is 0 Å². The molecule has 1 fully saturated rings. The van der Waals surface area contributed by atoms with E-state index in [1.54, 1.807) is 0 Å². The molecule has 0 unspecified atom stereocenters. The Morgan fingerprint density at radius 1 is 1.07 bits per heavy atom. The molecular weight excluding hydrogens is 423 g/mol. The van der Waals surface area contributed by atoms with E-state index in [0.29, 0.717) is 11.1 Å². The summed E-state index contributed by atoms with van der Waals surface area (Å²) in [5.41, 5.74) is -0.0529. The molecule has 1 heterocycles. The summed E-state index contributed by atoms with van der Waals surface area (Å²) in [7, 11) is -1.44. The van der Waals surface area contributed by atoms with Gasteiger partial charge in [-0.25, -0.2) is 8.42 Å². The van der Waals surface area contributed by atoms with E-state index >= 15 is 0 Å². The van der Waals surface area contributed by atoms with Gasteiger partial charge in [-0.1, -0.05) is 24.3 Å². The van der Waals surface area contributed by atoms with Crippen molar-refractivity contribution in [2.45, 2.75) is 29.6 Å². The molecule has 3 rings (SSSR count). The van der Waals surface area contributed by atoms with Gasteiger partial charge < -0.3 is 9.47 Å². The van der Waals surface area contributed by atoms with Crippen LogP contribution in [-0.2, 0) is 30.5 Å². The molecule has 0 aliphatic carbocycles. The summed E-state index contributed by atoms with van der Waals surface area (Å²) in [4.78, 5) is 12.0. The number of alkyl halides is 3. The van der Waals surface area contributed by atoms with Crippen LogP contribution in [-0.4, -0.2) is 51.6 Å². The van der Waals surface area contributed by atoms with Gasteiger partial charge in [0.25, 0.3) is 0 Å². The molecule has 30 heavy (non-hydrogen) atoms. The van der Waals surface area contributed by atoms with Gasteiger partial charge in [0.1, 0.15) is 6.04 Å². The molecule has 6 nitrogen and oxygen atoms in total. The third-order valence-corrected chi connectivity index (χ3v) is 6.90. The molecule has 10 heteroatoms. The van der Waals surface area contributed by atoms with Crippen LogP contribution >= 0.6 is 0 Å². The van der Waals surface area contributed by atoms with E-state index in [2.05, 4.69) is 0 Å². The number of hydrogen-bond acceptors (Lipinski definition) is 5. The second-order valence-corrected chi connectivity index (χ2v) is 8.70. The molecule has 1 aliphatic rings. The summed E-state index contributed by atoms with van der Waals surface area (Å²) in [5, 5.41) is 0. The van der Waals surface area contributed by atoms with Crippen LogP contribution in [0.25, 0.3) is 11.1 Å². The van der Waals surface area contributed by atoms with Crippen LogP contribution in [0.3, 0.4) is 0 Å². The van der Waals surface area contributed by atoms with Gasteiger partial charge in [-0.15, -0.1) is 0 Å². The molecule has 0 bridgehead atoms. The van der Waals surface area contributed by atoms with Gasteiger partial charge in [0.15, 0.2) is 0 Å². The Morgan fingerprint density at radius 2 is 1.73 bits per heavy atom. The zero-order chi connectivity index (χ0) is 22.1. The summed E-state index contributed by atoms with van der Waals surface area (Å²) in [6, 6.07) is 9.23. The Labute approximate surface area is 172 Å². The van der Waals surface area contributed by atoms with Crippen molar-refractivity contribution in [3.8, 4) is 11.1 Å². The lowest BCUT2D eigenvalue weighted by molar-refractivity contribution is -0.144. The van der Waals surface area contributed by atoms with E-state index in [1.165, 1.54) is 50.6 Å². The van der Waals surface area contributed by atoms with Crippen LogP contribution in [0.1, 0.15) is 12.0 Å². The Morgan fingerprint density at radius 3 is 2.30 bits per heavy atom. The quantitative estimate of drug-likeness (QED) is 0.663. The van der Waals surface area contributed by atoms with Gasteiger partial charge in [0, 0.05) is 20.1 Å². The lowest BCUT2D eigenvalue weighted by Gasteiger charge is -2.22. The first-order valence-corrected chi connectivity index (χ1v) is 10.4. The molecule has 2 aromatic carbocycles. The zero-order valence-electron chi connectivity index (χ0n) is 16.2. The third-order valence-electron chi connectivity index (χ3n) is 5.01. The number of sulfonamides is 1. The first-order valence-electron chi connectivity index (χ1n) is 8.98. The second kappa shape index (κ2) is 8.37. The average Bonchev–Trinajstić information content (AvgIpc) is 3.18. The van der Waals surface area contributed by atoms with Crippen LogP contribution in [0.2, 0.25) is 0 Å². The number of rotatable bonds is 5. The third kappa shape index (κ3) is 4.35. The Balaban J connectivity index is 1.91. The first-order chi connectivity index (χ1) is 14.1. The van der Waals surface area contributed by atoms with Gasteiger partial charge in [-0.05, 0) is 35.4 Å². The predicted octanol–water partition coefficient (Wildman–Crippen LogP) is 3.32. The fourth-order valence-corrected chi connectivity index (χ4v) is 5.01. The van der Waals surface area contributed by atoms with Crippen LogP contribution in [0, 0.1) is 0 Å². The molecule has 2 atom stereocenters. The highest BCUT2D eigenvalue weighted by Gasteiger charge is 2.44. The molecule has 0 saturated carbocycles. The average molecular weight is 443 g/mol. The standard InChI is InChI=1S/C20H20F3NO5S/c1-28-16-11-18(19(25)29-2)24(12-16)30(26,27)17-8-6-13(7-9-17)14-4-3-5-15(10-14)20(21,22)23/h3-10,16,18H,11-12H2,1-2H3/t16-,18+/m1/s1. The van der Waals surface area contributed by atoms with Crippen molar-refractivity contribution in [1.82, 2.24) is 4.31 Å². The topological polar surface area (TPSA) is 72.9 Å². The minimum Gasteiger partial charge on any atom is -0.468 e. The van der Waals surface area contributed by atoms with Crippen molar-refractivity contribution < 1.29 is 35.9 Å². The van der Waals surface area contributed by atoms with Crippen LogP contribution in [0.15, 0.2) is 53.4 Å². The molecule has 0 spiro atoms. The number of hydrogen-bond donors (Lipinski definition) is 0. The highest BCUT2D eigenvalue weighted by Crippen LogP contribution is 2.33. The maximum atomic E-state index is 13.1. The van der Waals surface area contributed by atoms with Gasteiger partial charge in [0.05, 0.1) is 23.7 Å². The molecule has 0 aromatic heterocycles.